The lowest BCUT2D eigenvalue weighted by molar-refractivity contribution is -0.128. The Hall–Kier alpha value is -1.60. The Bertz CT molecular complexity index is 462. The van der Waals surface area contributed by atoms with Gasteiger partial charge in [-0.15, -0.1) is 0 Å². The Kier molecular flexibility index (Phi) is 4.39. The molecular formula is C11H17ClN6O. The Balaban J connectivity index is 2.06. The topological polar surface area (TPSA) is 87.4 Å². The molecule has 1 aromatic rings. The van der Waals surface area contributed by atoms with E-state index in [4.69, 9.17) is 17.4 Å². The molecule has 0 atom stereocenters. The smallest absolute Gasteiger partial charge is 0.242 e. The minimum Gasteiger partial charge on any atom is -0.349 e. The van der Waals surface area contributed by atoms with Crippen molar-refractivity contribution in [3.8, 4) is 0 Å². The molecule has 0 saturated carbocycles. The van der Waals surface area contributed by atoms with Gasteiger partial charge in [0.05, 0.1) is 12.7 Å². The number of amides is 1. The van der Waals surface area contributed by atoms with Gasteiger partial charge in [-0.3, -0.25) is 10.2 Å². The first kappa shape index (κ1) is 13.8. The van der Waals surface area contributed by atoms with Crippen LogP contribution in [0, 0.1) is 0 Å². The Morgan fingerprint density at radius 2 is 2.26 bits per heavy atom. The van der Waals surface area contributed by atoms with E-state index >= 15 is 0 Å². The van der Waals surface area contributed by atoms with Gasteiger partial charge in [0, 0.05) is 20.1 Å². The number of nitrogens with one attached hydrogen (secondary N) is 1. The largest absolute Gasteiger partial charge is 0.349 e. The number of aromatic nitrogens is 2. The number of halogens is 1. The van der Waals surface area contributed by atoms with Gasteiger partial charge in [0.1, 0.15) is 5.02 Å². The summed E-state index contributed by atoms with van der Waals surface area (Å²) < 4.78 is 0. The summed E-state index contributed by atoms with van der Waals surface area (Å²) in [5.41, 5.74) is 2.36. The number of likely N-dealkylation sites (N-methyl/N-ethyl adjacent to an activating group) is 1. The summed E-state index contributed by atoms with van der Waals surface area (Å²) in [7, 11) is 1.77. The maximum Gasteiger partial charge on any atom is 0.242 e. The van der Waals surface area contributed by atoms with Gasteiger partial charge >= 0.3 is 0 Å². The van der Waals surface area contributed by atoms with E-state index in [1.165, 1.54) is 6.20 Å². The summed E-state index contributed by atoms with van der Waals surface area (Å²) in [6.45, 7) is 1.90. The lowest BCUT2D eigenvalue weighted by Gasteiger charge is -2.22. The summed E-state index contributed by atoms with van der Waals surface area (Å²) in [6, 6.07) is 0. The number of rotatable bonds is 4. The summed E-state index contributed by atoms with van der Waals surface area (Å²) >= 11 is 6.03. The predicted octanol–water partition coefficient (Wildman–Crippen LogP) is 0.474. The SMILES string of the molecule is CN(CC(=O)N1CCCC1)c1nc(NN)ncc1Cl. The van der Waals surface area contributed by atoms with Crippen LogP contribution in [0.5, 0.6) is 0 Å². The molecule has 1 aromatic heterocycles. The zero-order valence-electron chi connectivity index (χ0n) is 10.8. The van der Waals surface area contributed by atoms with E-state index < -0.39 is 0 Å². The molecule has 104 valence electrons. The molecule has 0 aromatic carbocycles. The first-order valence-electron chi connectivity index (χ1n) is 6.10. The van der Waals surface area contributed by atoms with Crippen LogP contribution in [0.3, 0.4) is 0 Å². The number of hydrazine groups is 1. The van der Waals surface area contributed by atoms with Crippen molar-refractivity contribution >= 4 is 29.3 Å². The fourth-order valence-electron chi connectivity index (χ4n) is 2.04. The van der Waals surface area contributed by atoms with Gasteiger partial charge in [0.2, 0.25) is 11.9 Å². The molecule has 0 bridgehead atoms. The monoisotopic (exact) mass is 284 g/mol. The molecule has 0 spiro atoms. The highest BCUT2D eigenvalue weighted by Gasteiger charge is 2.20. The molecule has 0 unspecified atom stereocenters. The molecule has 1 aliphatic heterocycles. The minimum absolute atomic E-state index is 0.0805. The standard InChI is InChI=1S/C11H17ClN6O/c1-17(7-9(19)18-4-2-3-5-18)10-8(12)6-14-11(15-10)16-13/h6H,2-5,7,13H2,1H3,(H,14,15,16). The highest BCUT2D eigenvalue weighted by atomic mass is 35.5. The zero-order chi connectivity index (χ0) is 13.8. The molecule has 7 nitrogen and oxygen atoms in total. The Labute approximate surface area is 116 Å². The Morgan fingerprint density at radius 3 is 2.89 bits per heavy atom. The van der Waals surface area contributed by atoms with Gasteiger partial charge in [-0.2, -0.15) is 4.98 Å². The summed E-state index contributed by atoms with van der Waals surface area (Å²) in [5.74, 6) is 6.09. The summed E-state index contributed by atoms with van der Waals surface area (Å²) in [6.07, 6.45) is 3.60. The molecule has 8 heteroatoms. The third-order valence-electron chi connectivity index (χ3n) is 3.05. The van der Waals surface area contributed by atoms with E-state index in [1.807, 2.05) is 4.90 Å². The van der Waals surface area contributed by atoms with Crippen LogP contribution in [-0.4, -0.2) is 47.5 Å². The van der Waals surface area contributed by atoms with Crippen molar-refractivity contribution in [1.82, 2.24) is 14.9 Å². The molecular weight excluding hydrogens is 268 g/mol. The number of nitrogen functional groups attached to an aromatic ring is 1. The maximum atomic E-state index is 12.1. The molecule has 1 aliphatic rings. The van der Waals surface area contributed by atoms with Crippen LogP contribution in [0.1, 0.15) is 12.8 Å². The highest BCUT2D eigenvalue weighted by Crippen LogP contribution is 2.22. The Morgan fingerprint density at radius 1 is 1.58 bits per heavy atom. The van der Waals surface area contributed by atoms with E-state index in [9.17, 15) is 4.79 Å². The first-order valence-corrected chi connectivity index (χ1v) is 6.47. The van der Waals surface area contributed by atoms with Gasteiger partial charge < -0.3 is 9.80 Å². The second kappa shape index (κ2) is 6.03. The average molecular weight is 285 g/mol. The molecule has 1 saturated heterocycles. The quantitative estimate of drug-likeness (QED) is 0.617. The molecule has 3 N–H and O–H groups in total. The number of anilines is 2. The van der Waals surface area contributed by atoms with Crippen LogP contribution in [0.2, 0.25) is 5.02 Å². The van der Waals surface area contributed by atoms with Crippen molar-refractivity contribution in [1.29, 1.82) is 0 Å². The molecule has 1 fully saturated rings. The van der Waals surface area contributed by atoms with E-state index in [0.29, 0.717) is 10.8 Å². The third-order valence-corrected chi connectivity index (χ3v) is 3.31. The third kappa shape index (κ3) is 3.24. The number of hydrogen-bond acceptors (Lipinski definition) is 6. The molecule has 0 radical (unpaired) electrons. The number of hydrogen-bond donors (Lipinski definition) is 2. The fraction of sp³-hybridized carbons (Fsp3) is 0.545. The van der Waals surface area contributed by atoms with Crippen molar-refractivity contribution in [3.63, 3.8) is 0 Å². The van der Waals surface area contributed by atoms with E-state index in [0.717, 1.165) is 25.9 Å². The van der Waals surface area contributed by atoms with E-state index in [2.05, 4.69) is 15.4 Å². The molecule has 0 aliphatic carbocycles. The van der Waals surface area contributed by atoms with Gasteiger partial charge in [0.15, 0.2) is 5.82 Å². The van der Waals surface area contributed by atoms with Crippen LogP contribution >= 0.6 is 11.6 Å². The lowest BCUT2D eigenvalue weighted by Crippen LogP contribution is -2.37. The molecule has 2 rings (SSSR count). The lowest BCUT2D eigenvalue weighted by atomic mass is 10.4. The summed E-state index contributed by atoms with van der Waals surface area (Å²) in [4.78, 5) is 23.6. The van der Waals surface area contributed by atoms with Crippen molar-refractivity contribution in [2.75, 3.05) is 37.0 Å². The van der Waals surface area contributed by atoms with Crippen molar-refractivity contribution in [2.24, 2.45) is 5.84 Å². The number of likely N-dealkylation sites (tertiary alicyclic amines) is 1. The first-order chi connectivity index (χ1) is 9.11. The predicted molar refractivity (Wildman–Crippen MR) is 73.9 cm³/mol. The molecule has 2 heterocycles. The zero-order valence-corrected chi connectivity index (χ0v) is 11.5. The molecule has 19 heavy (non-hydrogen) atoms. The van der Waals surface area contributed by atoms with Gasteiger partial charge in [-0.1, -0.05) is 11.6 Å². The van der Waals surface area contributed by atoms with E-state index in [-0.39, 0.29) is 18.4 Å². The average Bonchev–Trinajstić information content (AvgIpc) is 2.93. The van der Waals surface area contributed by atoms with Gasteiger partial charge in [0.25, 0.3) is 0 Å². The van der Waals surface area contributed by atoms with E-state index in [1.54, 1.807) is 11.9 Å². The van der Waals surface area contributed by atoms with Crippen LogP contribution in [-0.2, 0) is 4.79 Å². The van der Waals surface area contributed by atoms with Crippen molar-refractivity contribution in [2.45, 2.75) is 12.8 Å². The van der Waals surface area contributed by atoms with Crippen LogP contribution in [0.15, 0.2) is 6.20 Å². The molecule has 1 amide bonds. The minimum atomic E-state index is 0.0805. The van der Waals surface area contributed by atoms with Crippen LogP contribution in [0.25, 0.3) is 0 Å². The summed E-state index contributed by atoms with van der Waals surface area (Å²) in [5, 5.41) is 0.385. The number of carbonyl (C=O) groups is 1. The second-order valence-electron chi connectivity index (χ2n) is 4.45. The normalized spacial score (nSPS) is 14.6. The maximum absolute atomic E-state index is 12.1. The van der Waals surface area contributed by atoms with Crippen LogP contribution < -0.4 is 16.2 Å². The second-order valence-corrected chi connectivity index (χ2v) is 4.86. The van der Waals surface area contributed by atoms with Crippen molar-refractivity contribution in [3.05, 3.63) is 11.2 Å². The van der Waals surface area contributed by atoms with Crippen molar-refractivity contribution < 1.29 is 4.79 Å². The number of nitrogens with zero attached hydrogens (tertiary/aromatic N) is 4. The fourth-order valence-corrected chi connectivity index (χ4v) is 2.27. The number of nitrogens with two attached hydrogens (primary N) is 1. The van der Waals surface area contributed by atoms with Crippen LogP contribution in [0.4, 0.5) is 11.8 Å². The number of carbonyl (C=O) groups excluding carboxylic acids is 1. The van der Waals surface area contributed by atoms with Gasteiger partial charge in [-0.25, -0.2) is 10.8 Å². The van der Waals surface area contributed by atoms with Gasteiger partial charge in [-0.05, 0) is 12.8 Å². The highest BCUT2D eigenvalue weighted by molar-refractivity contribution is 6.32.